The van der Waals surface area contributed by atoms with Crippen LogP contribution in [-0.2, 0) is 21.4 Å². The number of ether oxygens (including phenoxy) is 1. The summed E-state index contributed by atoms with van der Waals surface area (Å²) in [6, 6.07) is 8.70. The van der Waals surface area contributed by atoms with Crippen LogP contribution in [0.15, 0.2) is 42.9 Å². The van der Waals surface area contributed by atoms with Gasteiger partial charge in [-0.05, 0) is 37.8 Å². The van der Waals surface area contributed by atoms with E-state index in [-0.39, 0.29) is 41.3 Å². The molecule has 0 saturated carbocycles. The fraction of sp³-hybridized carbons (Fsp3) is 0.537. The van der Waals surface area contributed by atoms with Gasteiger partial charge in [-0.25, -0.2) is 18.3 Å². The van der Waals surface area contributed by atoms with Crippen molar-refractivity contribution >= 4 is 51.5 Å². The van der Waals surface area contributed by atoms with Crippen LogP contribution in [0.1, 0.15) is 72.2 Å². The molecule has 6 aliphatic heterocycles. The minimum atomic E-state index is -2.85. The number of likely N-dealkylation sites (tertiary alicyclic amines) is 2. The number of rotatable bonds is 10. The monoisotopic (exact) mass is 823 g/mol. The number of nitrogens with zero attached hydrogens (tertiary/aromatic N) is 11. The minimum Gasteiger partial charge on any atom is -0.374 e. The van der Waals surface area contributed by atoms with Gasteiger partial charge in [-0.2, -0.15) is 15.3 Å². The average molecular weight is 824 g/mol. The molecule has 6 saturated heterocycles. The van der Waals surface area contributed by atoms with Crippen LogP contribution in [-0.4, -0.2) is 139 Å². The van der Waals surface area contributed by atoms with Gasteiger partial charge in [0, 0.05) is 95.6 Å². The van der Waals surface area contributed by atoms with Crippen LogP contribution >= 0.6 is 0 Å². The standard InChI is InChI=1S/C41H47F2N13O4/c1-50-37-28(35(48-50)29-5-6-34(57)47-40(29)58)3-2-4-32(37)53-16-23(17-53)15-51-18-26(19-51)52-10-7-24(8-11-52)56-21-31(36(49-56)38(42)43)45-41(59)30-14-44-55-12-9-33(46-39(30)55)54-20-27-13-25(54)22-60-27/h2-4,9,12,14,21,23-27,29,38H,5-8,10-11,13,15-20,22H2,1H3,(H,45,59)(H,47,57,58)/t25-,27-,29?/m1/s1. The highest BCUT2D eigenvalue weighted by Crippen LogP contribution is 2.38. The van der Waals surface area contributed by atoms with Crippen molar-refractivity contribution in [3.63, 3.8) is 0 Å². The summed E-state index contributed by atoms with van der Waals surface area (Å²) in [4.78, 5) is 52.3. The number of hydrogen-bond acceptors (Lipinski definition) is 12. The summed E-state index contributed by atoms with van der Waals surface area (Å²) >= 11 is 0. The number of fused-ring (bicyclic) bond motifs is 4. The van der Waals surface area contributed by atoms with Crippen molar-refractivity contribution in [1.82, 2.24) is 49.3 Å². The van der Waals surface area contributed by atoms with Crippen molar-refractivity contribution in [3.05, 3.63) is 59.8 Å². The van der Waals surface area contributed by atoms with E-state index in [0.29, 0.717) is 37.1 Å². The number of imide groups is 1. The third-order valence-electron chi connectivity index (χ3n) is 13.6. The SMILES string of the molecule is Cn1nc(C2CCC(=O)NC2=O)c2cccc(N3CC(CN4CC(N5CCC(n6cc(NC(=O)c7cnn8ccc(N9C[C@H]%10C[C@@H]9CO%10)nc78)c(C(F)F)n6)CC5)C4)C3)c21. The molecule has 314 valence electrons. The maximum Gasteiger partial charge on any atom is 0.284 e. The molecule has 2 N–H and O–H groups in total. The van der Waals surface area contributed by atoms with E-state index in [1.54, 1.807) is 17.1 Å². The second-order valence-corrected chi connectivity index (χ2v) is 17.4. The number of carbonyl (C=O) groups is 3. The lowest BCUT2D eigenvalue weighted by Gasteiger charge is -2.51. The largest absolute Gasteiger partial charge is 0.374 e. The number of halogens is 2. The Labute approximate surface area is 343 Å². The van der Waals surface area contributed by atoms with Gasteiger partial charge in [-0.3, -0.25) is 38.9 Å². The van der Waals surface area contributed by atoms with Crippen molar-refractivity contribution in [3.8, 4) is 0 Å². The molecule has 17 nitrogen and oxygen atoms in total. The molecule has 0 aliphatic carbocycles. The van der Waals surface area contributed by atoms with Crippen LogP contribution in [0.3, 0.4) is 0 Å². The highest BCUT2D eigenvalue weighted by molar-refractivity contribution is 6.08. The van der Waals surface area contributed by atoms with Gasteiger partial charge in [0.2, 0.25) is 11.8 Å². The molecule has 0 spiro atoms. The van der Waals surface area contributed by atoms with Crippen molar-refractivity contribution in [2.75, 3.05) is 74.1 Å². The van der Waals surface area contributed by atoms with E-state index < -0.39 is 23.9 Å². The van der Waals surface area contributed by atoms with Crippen LogP contribution in [0.25, 0.3) is 16.6 Å². The minimum absolute atomic E-state index is 0.000102. The summed E-state index contributed by atoms with van der Waals surface area (Å²) in [5.41, 5.74) is 2.98. The van der Waals surface area contributed by atoms with Crippen molar-refractivity contribution in [2.45, 2.75) is 68.7 Å². The molecule has 60 heavy (non-hydrogen) atoms. The normalized spacial score (nSPS) is 24.6. The maximum atomic E-state index is 14.3. The first-order valence-corrected chi connectivity index (χ1v) is 21.1. The molecule has 5 aromatic rings. The van der Waals surface area contributed by atoms with Crippen LogP contribution in [0, 0.1) is 5.92 Å². The number of para-hydroxylation sites is 1. The second-order valence-electron chi connectivity index (χ2n) is 17.4. The number of aryl methyl sites for hydroxylation is 1. The third-order valence-corrected chi connectivity index (χ3v) is 13.6. The Hall–Kier alpha value is -5.53. The molecule has 3 amide bonds. The summed E-state index contributed by atoms with van der Waals surface area (Å²) < 4.78 is 39.3. The van der Waals surface area contributed by atoms with Crippen molar-refractivity contribution < 1.29 is 27.9 Å². The highest BCUT2D eigenvalue weighted by Gasteiger charge is 2.41. The number of benzene rings is 1. The summed E-state index contributed by atoms with van der Waals surface area (Å²) in [6.07, 6.45) is 5.35. The van der Waals surface area contributed by atoms with Crippen molar-refractivity contribution in [1.29, 1.82) is 0 Å². The van der Waals surface area contributed by atoms with Gasteiger partial charge in [0.25, 0.3) is 12.3 Å². The maximum absolute atomic E-state index is 14.3. The van der Waals surface area contributed by atoms with E-state index in [4.69, 9.17) is 14.8 Å². The van der Waals surface area contributed by atoms with Crippen LogP contribution in [0.2, 0.25) is 0 Å². The van der Waals surface area contributed by atoms with Crippen LogP contribution in [0.5, 0.6) is 0 Å². The van der Waals surface area contributed by atoms with Gasteiger partial charge in [0.1, 0.15) is 11.4 Å². The van der Waals surface area contributed by atoms with Gasteiger partial charge in [-0.15, -0.1) is 0 Å². The van der Waals surface area contributed by atoms with E-state index in [9.17, 15) is 23.2 Å². The second kappa shape index (κ2) is 14.6. The summed E-state index contributed by atoms with van der Waals surface area (Å²) in [5.74, 6) is -0.205. The van der Waals surface area contributed by atoms with E-state index in [1.807, 2.05) is 29.9 Å². The number of carbonyl (C=O) groups excluding carboxylic acids is 3. The average Bonchev–Trinajstić information content (AvgIpc) is 4.06. The molecule has 1 aromatic carbocycles. The van der Waals surface area contributed by atoms with Crippen LogP contribution in [0.4, 0.5) is 26.0 Å². The number of nitrogens with one attached hydrogen (secondary N) is 2. The van der Waals surface area contributed by atoms with Gasteiger partial charge in [0.05, 0.1) is 59.5 Å². The number of piperidine rings is 2. The predicted molar refractivity (Wildman–Crippen MR) is 215 cm³/mol. The molecule has 19 heteroatoms. The van der Waals surface area contributed by atoms with Gasteiger partial charge < -0.3 is 19.9 Å². The first-order valence-electron chi connectivity index (χ1n) is 21.1. The Balaban J connectivity index is 0.672. The Morgan fingerprint density at radius 3 is 2.60 bits per heavy atom. The highest BCUT2D eigenvalue weighted by atomic mass is 19.3. The lowest BCUT2D eigenvalue weighted by Crippen LogP contribution is -2.63. The van der Waals surface area contributed by atoms with Gasteiger partial charge >= 0.3 is 0 Å². The Bertz CT molecular complexity index is 2500. The molecule has 2 bridgehead atoms. The molecule has 1 unspecified atom stereocenters. The quantitative estimate of drug-likeness (QED) is 0.199. The zero-order chi connectivity index (χ0) is 40.8. The van der Waals surface area contributed by atoms with Crippen molar-refractivity contribution in [2.24, 2.45) is 13.0 Å². The van der Waals surface area contributed by atoms with E-state index in [0.717, 1.165) is 99.7 Å². The topological polar surface area (TPSA) is 163 Å². The summed E-state index contributed by atoms with van der Waals surface area (Å²) in [5, 5.41) is 19.5. The number of morpholine rings is 1. The number of amides is 3. The third kappa shape index (κ3) is 6.48. The van der Waals surface area contributed by atoms with E-state index in [2.05, 4.69) is 46.5 Å². The molecule has 6 fully saturated rings. The number of anilines is 3. The lowest BCUT2D eigenvalue weighted by atomic mass is 9.92. The van der Waals surface area contributed by atoms with E-state index >= 15 is 0 Å². The zero-order valence-corrected chi connectivity index (χ0v) is 33.3. The molecule has 4 aromatic heterocycles. The Kier molecular flexibility index (Phi) is 9.11. The molecule has 10 heterocycles. The molecule has 3 atom stereocenters. The molecule has 11 rings (SSSR count). The molecular weight excluding hydrogens is 777 g/mol. The number of hydrogen-bond donors (Lipinski definition) is 2. The summed E-state index contributed by atoms with van der Waals surface area (Å²) in [7, 11) is 1.92. The number of aromatic nitrogens is 7. The first kappa shape index (κ1) is 37.5. The Morgan fingerprint density at radius 2 is 1.85 bits per heavy atom. The van der Waals surface area contributed by atoms with Crippen LogP contribution < -0.4 is 20.4 Å². The molecule has 6 aliphatic rings. The summed E-state index contributed by atoms with van der Waals surface area (Å²) in [6.45, 7) is 8.04. The molecule has 0 radical (unpaired) electrons. The fourth-order valence-electron chi connectivity index (χ4n) is 10.4. The van der Waals surface area contributed by atoms with Gasteiger partial charge in [-0.1, -0.05) is 12.1 Å². The zero-order valence-electron chi connectivity index (χ0n) is 33.3. The smallest absolute Gasteiger partial charge is 0.284 e. The first-order chi connectivity index (χ1) is 29.1. The fourth-order valence-corrected chi connectivity index (χ4v) is 10.4. The van der Waals surface area contributed by atoms with Gasteiger partial charge in [0.15, 0.2) is 11.3 Å². The molecular formula is C41H47F2N13O4. The number of alkyl halides is 2. The Morgan fingerprint density at radius 1 is 1.02 bits per heavy atom. The lowest BCUT2D eigenvalue weighted by molar-refractivity contribution is -0.134. The van der Waals surface area contributed by atoms with E-state index in [1.165, 1.54) is 10.7 Å². The predicted octanol–water partition coefficient (Wildman–Crippen LogP) is 2.96.